The van der Waals surface area contributed by atoms with Crippen LogP contribution >= 0.6 is 0 Å². The third-order valence-electron chi connectivity index (χ3n) is 10.9. The SMILES string of the molecule is COc1cc(N2CCC(c3ccc(OCCCCN4CCN(c5ccc6c(c5)CN(C5CCC(=O)NC5=O)C6=O)CC4)cc3)CC2)ccc1C#N. The standard InChI is InChI=1S/C40H46N6O5/c1-50-37-25-33(7-4-30(37)26-41)44-17-14-29(15-18-44)28-5-9-34(10-6-28)51-23-3-2-16-43-19-21-45(22-20-43)32-8-11-35-31(24-32)27-46(40(35)49)36-12-13-38(47)42-39(36)48/h4-11,24-25,29,36H,2-3,12-23,27H2,1H3,(H,42,47,48). The molecule has 11 nitrogen and oxygen atoms in total. The zero-order valence-corrected chi connectivity index (χ0v) is 29.3. The summed E-state index contributed by atoms with van der Waals surface area (Å²) < 4.78 is 11.5. The summed E-state index contributed by atoms with van der Waals surface area (Å²) in [6.45, 7) is 7.91. The van der Waals surface area contributed by atoms with Crippen molar-refractivity contribution in [2.75, 3.05) is 69.3 Å². The largest absolute Gasteiger partial charge is 0.495 e. The van der Waals surface area contributed by atoms with Crippen molar-refractivity contribution in [1.82, 2.24) is 15.1 Å². The maximum absolute atomic E-state index is 13.1. The summed E-state index contributed by atoms with van der Waals surface area (Å²) in [6.07, 6.45) is 4.88. The van der Waals surface area contributed by atoms with E-state index in [2.05, 4.69) is 56.4 Å². The van der Waals surface area contributed by atoms with E-state index in [0.717, 1.165) is 94.2 Å². The van der Waals surface area contributed by atoms with Crippen LogP contribution in [0, 0.1) is 11.3 Å². The summed E-state index contributed by atoms with van der Waals surface area (Å²) in [6, 6.07) is 22.1. The summed E-state index contributed by atoms with van der Waals surface area (Å²) in [5.74, 6) is 1.29. The quantitative estimate of drug-likeness (QED) is 0.226. The summed E-state index contributed by atoms with van der Waals surface area (Å²) in [5.41, 5.74) is 5.74. The monoisotopic (exact) mass is 690 g/mol. The van der Waals surface area contributed by atoms with Crippen LogP contribution in [0.25, 0.3) is 0 Å². The summed E-state index contributed by atoms with van der Waals surface area (Å²) in [4.78, 5) is 45.9. The molecule has 3 aromatic rings. The molecule has 266 valence electrons. The summed E-state index contributed by atoms with van der Waals surface area (Å²) in [7, 11) is 1.61. The third kappa shape index (κ3) is 7.66. The molecule has 0 aromatic heterocycles. The van der Waals surface area contributed by atoms with Gasteiger partial charge < -0.3 is 24.2 Å². The Hall–Kier alpha value is -5.08. The number of hydrogen-bond donors (Lipinski definition) is 1. The highest BCUT2D eigenvalue weighted by Crippen LogP contribution is 2.34. The van der Waals surface area contributed by atoms with E-state index in [4.69, 9.17) is 9.47 Å². The molecule has 0 aliphatic carbocycles. The van der Waals surface area contributed by atoms with Crippen LogP contribution in [0.5, 0.6) is 11.5 Å². The number of piperazine rings is 1. The van der Waals surface area contributed by atoms with Gasteiger partial charge in [0, 0.05) is 75.2 Å². The Labute approximate surface area is 299 Å². The van der Waals surface area contributed by atoms with Crippen LogP contribution in [0.4, 0.5) is 11.4 Å². The highest BCUT2D eigenvalue weighted by atomic mass is 16.5. The van der Waals surface area contributed by atoms with Crippen LogP contribution in [0.3, 0.4) is 0 Å². The van der Waals surface area contributed by atoms with Gasteiger partial charge in [-0.15, -0.1) is 0 Å². The number of imide groups is 1. The average Bonchev–Trinajstić information content (AvgIpc) is 3.49. The van der Waals surface area contributed by atoms with E-state index in [9.17, 15) is 19.6 Å². The molecule has 4 heterocycles. The van der Waals surface area contributed by atoms with Gasteiger partial charge in [-0.1, -0.05) is 12.1 Å². The van der Waals surface area contributed by atoms with Crippen molar-refractivity contribution in [3.63, 3.8) is 0 Å². The number of nitrogens with one attached hydrogen (secondary N) is 1. The first-order valence-corrected chi connectivity index (χ1v) is 18.2. The highest BCUT2D eigenvalue weighted by Gasteiger charge is 2.39. The van der Waals surface area contributed by atoms with Gasteiger partial charge >= 0.3 is 0 Å². The van der Waals surface area contributed by atoms with Crippen molar-refractivity contribution in [2.24, 2.45) is 0 Å². The fourth-order valence-electron chi connectivity index (χ4n) is 7.89. The molecular formula is C40H46N6O5. The van der Waals surface area contributed by atoms with Gasteiger partial charge in [0.1, 0.15) is 23.6 Å². The van der Waals surface area contributed by atoms with E-state index in [1.54, 1.807) is 12.0 Å². The second kappa shape index (κ2) is 15.4. The van der Waals surface area contributed by atoms with Crippen molar-refractivity contribution < 1.29 is 23.9 Å². The predicted octanol–water partition coefficient (Wildman–Crippen LogP) is 4.69. The molecule has 3 fully saturated rings. The van der Waals surface area contributed by atoms with E-state index < -0.39 is 6.04 Å². The molecule has 4 aliphatic heterocycles. The van der Waals surface area contributed by atoms with E-state index in [1.165, 1.54) is 5.56 Å². The molecule has 3 saturated heterocycles. The number of amides is 3. The minimum atomic E-state index is -0.589. The number of carbonyl (C=O) groups is 3. The lowest BCUT2D eigenvalue weighted by Crippen LogP contribution is -2.52. The Morgan fingerprint density at radius 1 is 0.843 bits per heavy atom. The molecule has 51 heavy (non-hydrogen) atoms. The molecule has 7 rings (SSSR count). The number of fused-ring (bicyclic) bond motifs is 1. The number of benzene rings is 3. The van der Waals surface area contributed by atoms with Crippen LogP contribution in [-0.4, -0.2) is 93.1 Å². The number of carbonyl (C=O) groups excluding carboxylic acids is 3. The van der Waals surface area contributed by atoms with Crippen LogP contribution in [0.15, 0.2) is 60.7 Å². The zero-order chi connectivity index (χ0) is 35.3. The van der Waals surface area contributed by atoms with Gasteiger partial charge in [0.05, 0.1) is 19.3 Å². The topological polar surface area (TPSA) is 118 Å². The predicted molar refractivity (Wildman–Crippen MR) is 194 cm³/mol. The molecule has 0 saturated carbocycles. The first kappa shape index (κ1) is 34.4. The van der Waals surface area contributed by atoms with Crippen LogP contribution in [-0.2, 0) is 16.1 Å². The molecule has 1 atom stereocenters. The minimum absolute atomic E-state index is 0.132. The number of nitriles is 1. The van der Waals surface area contributed by atoms with Gasteiger partial charge in [0.25, 0.3) is 5.91 Å². The van der Waals surface area contributed by atoms with Crippen molar-refractivity contribution in [3.8, 4) is 17.6 Å². The number of ether oxygens (including phenoxy) is 2. The molecule has 0 radical (unpaired) electrons. The number of hydrogen-bond acceptors (Lipinski definition) is 9. The molecule has 1 unspecified atom stereocenters. The Bertz CT molecular complexity index is 1790. The molecular weight excluding hydrogens is 644 g/mol. The Morgan fingerprint density at radius 2 is 1.57 bits per heavy atom. The van der Waals surface area contributed by atoms with Crippen LogP contribution < -0.4 is 24.6 Å². The van der Waals surface area contributed by atoms with Crippen LogP contribution in [0.1, 0.15) is 71.5 Å². The number of piperidine rings is 2. The number of anilines is 2. The number of nitrogens with zero attached hydrogens (tertiary/aromatic N) is 5. The van der Waals surface area contributed by atoms with Crippen LogP contribution in [0.2, 0.25) is 0 Å². The van der Waals surface area contributed by atoms with Gasteiger partial charge in [-0.05, 0) is 98.2 Å². The smallest absolute Gasteiger partial charge is 0.255 e. The summed E-state index contributed by atoms with van der Waals surface area (Å²) in [5, 5.41) is 11.6. The Kier molecular flexibility index (Phi) is 10.4. The maximum atomic E-state index is 13.1. The Balaban J connectivity index is 0.795. The Morgan fingerprint density at radius 3 is 2.29 bits per heavy atom. The number of rotatable bonds is 11. The van der Waals surface area contributed by atoms with E-state index in [1.807, 2.05) is 30.3 Å². The molecule has 3 amide bonds. The van der Waals surface area contributed by atoms with E-state index in [0.29, 0.717) is 42.4 Å². The first-order chi connectivity index (χ1) is 24.9. The first-order valence-electron chi connectivity index (χ1n) is 18.2. The lowest BCUT2D eigenvalue weighted by Gasteiger charge is -2.36. The molecule has 11 heteroatoms. The lowest BCUT2D eigenvalue weighted by atomic mass is 9.89. The molecule has 4 aliphatic rings. The molecule has 0 bridgehead atoms. The summed E-state index contributed by atoms with van der Waals surface area (Å²) >= 11 is 0. The van der Waals surface area contributed by atoms with Crippen molar-refractivity contribution >= 4 is 29.1 Å². The molecule has 1 N–H and O–H groups in total. The number of methoxy groups -OCH3 is 1. The van der Waals surface area contributed by atoms with Gasteiger partial charge in [-0.25, -0.2) is 0 Å². The van der Waals surface area contributed by atoms with Crippen molar-refractivity contribution in [3.05, 3.63) is 82.9 Å². The average molecular weight is 691 g/mol. The number of unbranched alkanes of at least 4 members (excludes halogenated alkanes) is 1. The second-order valence-electron chi connectivity index (χ2n) is 14.0. The van der Waals surface area contributed by atoms with E-state index >= 15 is 0 Å². The van der Waals surface area contributed by atoms with Gasteiger partial charge in [0.15, 0.2) is 0 Å². The van der Waals surface area contributed by atoms with Gasteiger partial charge in [0.2, 0.25) is 11.8 Å². The third-order valence-corrected chi connectivity index (χ3v) is 10.9. The zero-order valence-electron chi connectivity index (χ0n) is 29.3. The van der Waals surface area contributed by atoms with Gasteiger partial charge in [-0.3, -0.25) is 24.6 Å². The van der Waals surface area contributed by atoms with Crippen molar-refractivity contribution in [2.45, 2.75) is 57.0 Å². The second-order valence-corrected chi connectivity index (χ2v) is 14.0. The lowest BCUT2D eigenvalue weighted by molar-refractivity contribution is -0.136. The fourth-order valence-corrected chi connectivity index (χ4v) is 7.89. The van der Waals surface area contributed by atoms with E-state index in [-0.39, 0.29) is 24.1 Å². The fraction of sp³-hybridized carbons (Fsp3) is 0.450. The molecule has 0 spiro atoms. The highest BCUT2D eigenvalue weighted by molar-refractivity contribution is 6.05. The maximum Gasteiger partial charge on any atom is 0.255 e. The van der Waals surface area contributed by atoms with Gasteiger partial charge in [-0.2, -0.15) is 5.26 Å². The van der Waals surface area contributed by atoms with Crippen molar-refractivity contribution in [1.29, 1.82) is 5.26 Å². The normalized spacial score (nSPS) is 19.9. The minimum Gasteiger partial charge on any atom is -0.495 e. The molecule has 3 aromatic carbocycles.